The predicted octanol–water partition coefficient (Wildman–Crippen LogP) is 3.43. The van der Waals surface area contributed by atoms with Gasteiger partial charge in [0.1, 0.15) is 0 Å². The lowest BCUT2D eigenvalue weighted by molar-refractivity contribution is -0.114. The van der Waals surface area contributed by atoms with Gasteiger partial charge in [-0.15, -0.1) is 0 Å². The number of hydrogen-bond donors (Lipinski definition) is 1. The minimum atomic E-state index is -3.29. The molecule has 0 radical (unpaired) electrons. The number of carbonyl (C=O) groups is 1. The molecule has 4 aromatic rings. The van der Waals surface area contributed by atoms with Crippen LogP contribution < -0.4 is 10.1 Å². The zero-order valence-corrected chi connectivity index (χ0v) is 18.0. The molecule has 3 aromatic heterocycles. The van der Waals surface area contributed by atoms with Crippen LogP contribution in [0.4, 0.5) is 5.69 Å². The quantitative estimate of drug-likeness (QED) is 0.514. The fourth-order valence-corrected chi connectivity index (χ4v) is 3.92. The van der Waals surface area contributed by atoms with Crippen LogP contribution in [0.15, 0.2) is 66.0 Å². The largest absolute Gasteiger partial charge is 0.481 e. The zero-order chi connectivity index (χ0) is 22.2. The molecule has 0 fully saturated rings. The lowest BCUT2D eigenvalue weighted by atomic mass is 10.1. The highest BCUT2D eigenvalue weighted by Crippen LogP contribution is 2.31. The van der Waals surface area contributed by atoms with Gasteiger partial charge in [0.2, 0.25) is 11.8 Å². The Morgan fingerprint density at radius 3 is 2.29 bits per heavy atom. The standard InChI is InChI=1S/C22H20N4O4S/c1-14(27)25-19-10-17(16-6-9-21(30-2)23-11-16)13-26-20(12-24-22(19)26)15-4-7-18(8-5-15)31(3,28)29/h4-13H,1-3H3,(H,25,27). The number of anilines is 1. The second-order valence-electron chi connectivity index (χ2n) is 7.05. The van der Waals surface area contributed by atoms with Crippen LogP contribution in [-0.2, 0) is 14.6 Å². The van der Waals surface area contributed by atoms with Crippen LogP contribution in [-0.4, -0.2) is 42.1 Å². The van der Waals surface area contributed by atoms with Crippen molar-refractivity contribution in [3.63, 3.8) is 0 Å². The number of methoxy groups -OCH3 is 1. The van der Waals surface area contributed by atoms with Crippen molar-refractivity contribution in [1.29, 1.82) is 0 Å². The molecule has 0 saturated carbocycles. The van der Waals surface area contributed by atoms with Crippen molar-refractivity contribution in [2.45, 2.75) is 11.8 Å². The number of benzene rings is 1. The number of aromatic nitrogens is 3. The molecule has 0 saturated heterocycles. The minimum absolute atomic E-state index is 0.214. The number of sulfone groups is 1. The summed E-state index contributed by atoms with van der Waals surface area (Å²) >= 11 is 0. The molecule has 1 N–H and O–H groups in total. The van der Waals surface area contributed by atoms with E-state index in [1.54, 1.807) is 49.8 Å². The summed E-state index contributed by atoms with van der Waals surface area (Å²) in [6.45, 7) is 1.44. The molecule has 0 aliphatic rings. The maximum Gasteiger partial charge on any atom is 0.221 e. The molecule has 0 bridgehead atoms. The number of ether oxygens (including phenoxy) is 1. The molecule has 4 rings (SSSR count). The van der Waals surface area contributed by atoms with Gasteiger partial charge in [-0.25, -0.2) is 18.4 Å². The van der Waals surface area contributed by atoms with Gasteiger partial charge in [-0.05, 0) is 24.3 Å². The number of rotatable bonds is 5. The third-order valence-corrected chi connectivity index (χ3v) is 5.90. The number of nitrogens with one attached hydrogen (secondary N) is 1. The second-order valence-corrected chi connectivity index (χ2v) is 9.06. The molecule has 158 valence electrons. The number of amides is 1. The third kappa shape index (κ3) is 4.13. The Morgan fingerprint density at radius 1 is 1.00 bits per heavy atom. The summed E-state index contributed by atoms with van der Waals surface area (Å²) in [6.07, 6.45) is 6.45. The van der Waals surface area contributed by atoms with Crippen LogP contribution in [0.25, 0.3) is 28.0 Å². The van der Waals surface area contributed by atoms with E-state index in [2.05, 4.69) is 15.3 Å². The first-order valence-corrected chi connectivity index (χ1v) is 11.2. The molecule has 1 aromatic carbocycles. The summed E-state index contributed by atoms with van der Waals surface area (Å²) in [6, 6.07) is 12.1. The van der Waals surface area contributed by atoms with Crippen molar-refractivity contribution in [2.24, 2.45) is 0 Å². The van der Waals surface area contributed by atoms with Crippen molar-refractivity contribution in [2.75, 3.05) is 18.7 Å². The summed E-state index contributed by atoms with van der Waals surface area (Å²) < 4.78 is 30.5. The molecule has 8 nitrogen and oxygen atoms in total. The normalized spacial score (nSPS) is 11.5. The van der Waals surface area contributed by atoms with Gasteiger partial charge in [0.25, 0.3) is 0 Å². The molecule has 31 heavy (non-hydrogen) atoms. The molecular formula is C22H20N4O4S. The molecule has 0 unspecified atom stereocenters. The molecule has 3 heterocycles. The van der Waals surface area contributed by atoms with Gasteiger partial charge >= 0.3 is 0 Å². The Morgan fingerprint density at radius 2 is 1.71 bits per heavy atom. The maximum absolute atomic E-state index is 11.8. The average Bonchev–Trinajstić information content (AvgIpc) is 3.17. The molecule has 0 spiro atoms. The first kappa shape index (κ1) is 20.5. The van der Waals surface area contributed by atoms with Crippen LogP contribution in [0.5, 0.6) is 5.88 Å². The molecule has 0 atom stereocenters. The Balaban J connectivity index is 1.88. The van der Waals surface area contributed by atoms with E-state index in [0.717, 1.165) is 22.4 Å². The lowest BCUT2D eigenvalue weighted by Crippen LogP contribution is -2.08. The fraction of sp³-hybridized carbons (Fsp3) is 0.136. The van der Waals surface area contributed by atoms with Gasteiger partial charge in [-0.2, -0.15) is 0 Å². The Bertz CT molecular complexity index is 1380. The van der Waals surface area contributed by atoms with E-state index < -0.39 is 9.84 Å². The number of imidazole rings is 1. The Kier molecular flexibility index (Phi) is 5.20. The highest BCUT2D eigenvalue weighted by molar-refractivity contribution is 7.90. The van der Waals surface area contributed by atoms with Crippen LogP contribution in [0, 0.1) is 0 Å². The van der Waals surface area contributed by atoms with Crippen LogP contribution in [0.1, 0.15) is 6.92 Å². The van der Waals surface area contributed by atoms with E-state index in [4.69, 9.17) is 4.74 Å². The van der Waals surface area contributed by atoms with Crippen molar-refractivity contribution in [1.82, 2.24) is 14.4 Å². The summed E-state index contributed by atoms with van der Waals surface area (Å²) in [5.74, 6) is 0.287. The minimum Gasteiger partial charge on any atom is -0.481 e. The van der Waals surface area contributed by atoms with Gasteiger partial charge in [0.05, 0.1) is 29.6 Å². The van der Waals surface area contributed by atoms with Crippen molar-refractivity contribution in [3.8, 4) is 28.3 Å². The maximum atomic E-state index is 11.8. The highest BCUT2D eigenvalue weighted by Gasteiger charge is 2.15. The van der Waals surface area contributed by atoms with Crippen LogP contribution >= 0.6 is 0 Å². The van der Waals surface area contributed by atoms with E-state index in [9.17, 15) is 13.2 Å². The van der Waals surface area contributed by atoms with Crippen molar-refractivity contribution in [3.05, 3.63) is 61.1 Å². The summed E-state index contributed by atoms with van der Waals surface area (Å²) in [5.41, 5.74) is 4.32. The number of hydrogen-bond acceptors (Lipinski definition) is 6. The summed E-state index contributed by atoms with van der Waals surface area (Å²) in [5, 5.41) is 2.83. The predicted molar refractivity (Wildman–Crippen MR) is 118 cm³/mol. The van der Waals surface area contributed by atoms with Crippen LogP contribution in [0.3, 0.4) is 0 Å². The number of fused-ring (bicyclic) bond motifs is 1. The van der Waals surface area contributed by atoms with Gasteiger partial charge in [-0.1, -0.05) is 12.1 Å². The third-order valence-electron chi connectivity index (χ3n) is 4.77. The van der Waals surface area contributed by atoms with Crippen LogP contribution in [0.2, 0.25) is 0 Å². The summed E-state index contributed by atoms with van der Waals surface area (Å²) in [4.78, 5) is 20.7. The van der Waals surface area contributed by atoms with E-state index in [1.807, 2.05) is 22.7 Å². The van der Waals surface area contributed by atoms with Gasteiger partial charge in [0.15, 0.2) is 15.5 Å². The first-order chi connectivity index (χ1) is 14.8. The Labute approximate surface area is 179 Å². The monoisotopic (exact) mass is 436 g/mol. The number of nitrogens with zero attached hydrogens (tertiary/aromatic N) is 3. The molecular weight excluding hydrogens is 416 g/mol. The SMILES string of the molecule is COc1ccc(-c2cc(NC(C)=O)c3ncc(-c4ccc(S(C)(=O)=O)cc4)n3c2)cn1. The van der Waals surface area contributed by atoms with Crippen molar-refractivity contribution < 1.29 is 17.9 Å². The molecule has 0 aliphatic carbocycles. The molecule has 0 aliphatic heterocycles. The molecule has 9 heteroatoms. The Hall–Kier alpha value is -3.72. The van der Waals surface area contributed by atoms with Gasteiger partial charge in [-0.3, -0.25) is 9.20 Å². The number of carbonyl (C=O) groups excluding carboxylic acids is 1. The number of pyridine rings is 2. The topological polar surface area (TPSA) is 103 Å². The molecule has 1 amide bonds. The smallest absolute Gasteiger partial charge is 0.221 e. The fourth-order valence-electron chi connectivity index (χ4n) is 3.28. The second kappa shape index (κ2) is 7.84. The summed E-state index contributed by atoms with van der Waals surface area (Å²) in [7, 11) is -1.74. The first-order valence-electron chi connectivity index (χ1n) is 9.36. The average molecular weight is 436 g/mol. The highest BCUT2D eigenvalue weighted by atomic mass is 32.2. The van der Waals surface area contributed by atoms with E-state index in [1.165, 1.54) is 13.2 Å². The van der Waals surface area contributed by atoms with E-state index in [0.29, 0.717) is 17.2 Å². The van der Waals surface area contributed by atoms with E-state index in [-0.39, 0.29) is 10.8 Å². The van der Waals surface area contributed by atoms with Gasteiger partial charge in [0, 0.05) is 48.3 Å². The van der Waals surface area contributed by atoms with Gasteiger partial charge < -0.3 is 10.1 Å². The zero-order valence-electron chi connectivity index (χ0n) is 17.2. The lowest BCUT2D eigenvalue weighted by Gasteiger charge is -2.11. The van der Waals surface area contributed by atoms with Crippen molar-refractivity contribution >= 4 is 27.1 Å². The van der Waals surface area contributed by atoms with E-state index >= 15 is 0 Å².